The average molecular weight is 346 g/mol. The number of allylic oxidation sites excluding steroid dienone is 2. The Morgan fingerprint density at radius 3 is 2.52 bits per heavy atom. The average Bonchev–Trinajstić information content (AvgIpc) is 2.92. The first kappa shape index (κ1) is 17.0. The molecule has 3 nitrogen and oxygen atoms in total. The van der Waals surface area contributed by atoms with Crippen molar-refractivity contribution in [2.75, 3.05) is 0 Å². The summed E-state index contributed by atoms with van der Waals surface area (Å²) in [5.74, 6) is -0.609. The van der Waals surface area contributed by atoms with E-state index in [-0.39, 0.29) is 16.6 Å². The zero-order valence-electron chi connectivity index (χ0n) is 15.1. The lowest BCUT2D eigenvalue weighted by molar-refractivity contribution is -0.134. The van der Waals surface area contributed by atoms with Crippen molar-refractivity contribution >= 4 is 11.8 Å². The monoisotopic (exact) mass is 346 g/mol. The maximum absolute atomic E-state index is 14.3. The minimum absolute atomic E-state index is 0.107. The van der Waals surface area contributed by atoms with Crippen molar-refractivity contribution in [3.8, 4) is 0 Å². The molecule has 0 aromatic rings. The van der Waals surface area contributed by atoms with Gasteiger partial charge in [0.2, 0.25) is 5.83 Å². The quantitative estimate of drug-likeness (QED) is 0.692. The number of carboxylic acids is 1. The van der Waals surface area contributed by atoms with Crippen LogP contribution in [0.4, 0.5) is 4.39 Å². The van der Waals surface area contributed by atoms with E-state index in [0.717, 1.165) is 38.5 Å². The van der Waals surface area contributed by atoms with Gasteiger partial charge in [-0.1, -0.05) is 19.4 Å². The van der Waals surface area contributed by atoms with Crippen molar-refractivity contribution in [1.29, 1.82) is 0 Å². The van der Waals surface area contributed by atoms with Gasteiger partial charge in [-0.05, 0) is 85.2 Å². The van der Waals surface area contributed by atoms with E-state index in [1.807, 2.05) is 6.08 Å². The highest BCUT2D eigenvalue weighted by molar-refractivity contribution is 5.91. The van der Waals surface area contributed by atoms with E-state index in [9.17, 15) is 14.0 Å². The molecule has 0 unspecified atom stereocenters. The van der Waals surface area contributed by atoms with Crippen LogP contribution in [-0.4, -0.2) is 16.9 Å². The van der Waals surface area contributed by atoms with Gasteiger partial charge in [-0.2, -0.15) is 4.39 Å². The second kappa shape index (κ2) is 5.52. The van der Waals surface area contributed by atoms with Gasteiger partial charge in [-0.25, -0.2) is 4.79 Å². The number of carbonyl (C=O) groups excluding carboxylic acids is 1. The summed E-state index contributed by atoms with van der Waals surface area (Å²) in [4.78, 5) is 23.0. The molecule has 4 aliphatic rings. The molecule has 4 heteroatoms. The van der Waals surface area contributed by atoms with Crippen LogP contribution in [0.25, 0.3) is 0 Å². The van der Waals surface area contributed by atoms with Gasteiger partial charge < -0.3 is 5.11 Å². The Morgan fingerprint density at radius 2 is 1.80 bits per heavy atom. The molecule has 0 saturated heterocycles. The van der Waals surface area contributed by atoms with Crippen LogP contribution in [0.2, 0.25) is 0 Å². The fourth-order valence-corrected chi connectivity index (χ4v) is 6.86. The van der Waals surface area contributed by atoms with Crippen LogP contribution in [0, 0.1) is 28.6 Å². The first-order valence-electron chi connectivity index (χ1n) is 9.63. The van der Waals surface area contributed by atoms with Crippen LogP contribution in [0.3, 0.4) is 0 Å². The molecule has 0 aliphatic heterocycles. The summed E-state index contributed by atoms with van der Waals surface area (Å²) in [5.41, 5.74) is 1.69. The number of halogens is 1. The van der Waals surface area contributed by atoms with Crippen LogP contribution in [0.15, 0.2) is 23.0 Å². The lowest BCUT2D eigenvalue weighted by Gasteiger charge is -2.57. The highest BCUT2D eigenvalue weighted by Gasteiger charge is 2.58. The van der Waals surface area contributed by atoms with E-state index in [1.54, 1.807) is 0 Å². The fourth-order valence-electron chi connectivity index (χ4n) is 6.86. The number of rotatable bonds is 1. The normalized spacial score (nSPS) is 45.2. The van der Waals surface area contributed by atoms with Crippen LogP contribution < -0.4 is 0 Å². The Bertz CT molecular complexity index is 706. The molecular weight excluding hydrogens is 319 g/mol. The molecule has 0 amide bonds. The molecule has 4 aliphatic carbocycles. The van der Waals surface area contributed by atoms with Crippen molar-refractivity contribution in [1.82, 2.24) is 0 Å². The summed E-state index contributed by atoms with van der Waals surface area (Å²) in [5, 5.41) is 9.13. The molecule has 4 rings (SSSR count). The summed E-state index contributed by atoms with van der Waals surface area (Å²) >= 11 is 0. The largest absolute Gasteiger partial charge is 0.476 e. The Balaban J connectivity index is 1.69. The first-order valence-corrected chi connectivity index (χ1v) is 9.63. The minimum atomic E-state index is -1.41. The molecule has 0 radical (unpaired) electrons. The molecule has 25 heavy (non-hydrogen) atoms. The lowest BCUT2D eigenvalue weighted by atomic mass is 9.47. The second-order valence-electron chi connectivity index (χ2n) is 9.06. The van der Waals surface area contributed by atoms with Crippen LogP contribution in [-0.2, 0) is 9.59 Å². The zero-order chi connectivity index (χ0) is 18.0. The molecule has 0 spiro atoms. The number of ketones is 1. The Kier molecular flexibility index (Phi) is 3.75. The first-order chi connectivity index (χ1) is 11.8. The van der Waals surface area contributed by atoms with Gasteiger partial charge in [-0.15, -0.1) is 0 Å². The zero-order valence-corrected chi connectivity index (χ0v) is 15.1. The molecule has 3 fully saturated rings. The van der Waals surface area contributed by atoms with E-state index in [2.05, 4.69) is 13.8 Å². The maximum Gasteiger partial charge on any atom is 0.364 e. The van der Waals surface area contributed by atoms with E-state index in [1.165, 1.54) is 5.57 Å². The van der Waals surface area contributed by atoms with Crippen molar-refractivity contribution in [2.24, 2.45) is 28.6 Å². The molecule has 1 N–H and O–H groups in total. The Morgan fingerprint density at radius 1 is 1.08 bits per heavy atom. The van der Waals surface area contributed by atoms with Gasteiger partial charge in [-0.3, -0.25) is 4.79 Å². The predicted octanol–water partition coefficient (Wildman–Crippen LogP) is 4.83. The van der Waals surface area contributed by atoms with Crippen molar-refractivity contribution < 1.29 is 19.1 Å². The third kappa shape index (κ3) is 2.29. The second-order valence-corrected chi connectivity index (χ2v) is 9.06. The highest BCUT2D eigenvalue weighted by atomic mass is 19.1. The highest BCUT2D eigenvalue weighted by Crippen LogP contribution is 2.66. The number of carbonyl (C=O) groups is 2. The van der Waals surface area contributed by atoms with Crippen LogP contribution >= 0.6 is 0 Å². The van der Waals surface area contributed by atoms with Gasteiger partial charge in [0.25, 0.3) is 0 Å². The summed E-state index contributed by atoms with van der Waals surface area (Å²) in [6.07, 6.45) is 8.87. The summed E-state index contributed by atoms with van der Waals surface area (Å²) in [6.45, 7) is 4.42. The molecule has 0 bridgehead atoms. The SMILES string of the molecule is C[C@]12CCC(=O)C=C1CC[C@@H]1[C@@H]2CC[C@]2(C)C(=C(F)C(=O)O)CC[C@@H]12. The van der Waals surface area contributed by atoms with Crippen molar-refractivity contribution in [3.63, 3.8) is 0 Å². The van der Waals surface area contributed by atoms with Gasteiger partial charge in [0.1, 0.15) is 0 Å². The van der Waals surface area contributed by atoms with Gasteiger partial charge in [0.05, 0.1) is 0 Å². The Hall–Kier alpha value is -1.45. The minimum Gasteiger partial charge on any atom is -0.476 e. The molecular formula is C21H27FO3. The number of fused-ring (bicyclic) bond motifs is 5. The molecule has 3 saturated carbocycles. The van der Waals surface area contributed by atoms with Gasteiger partial charge in [0, 0.05) is 6.42 Å². The molecule has 0 heterocycles. The predicted molar refractivity (Wildman–Crippen MR) is 92.5 cm³/mol. The number of aliphatic carboxylic acids is 1. The number of hydrogen-bond donors (Lipinski definition) is 1. The third-order valence-electron chi connectivity index (χ3n) is 8.20. The van der Waals surface area contributed by atoms with Crippen LogP contribution in [0.5, 0.6) is 0 Å². The smallest absolute Gasteiger partial charge is 0.364 e. The summed E-state index contributed by atoms with van der Waals surface area (Å²) < 4.78 is 14.3. The fraction of sp³-hybridized carbons (Fsp3) is 0.714. The summed E-state index contributed by atoms with van der Waals surface area (Å²) in [6, 6.07) is 0. The van der Waals surface area contributed by atoms with Crippen molar-refractivity contribution in [2.45, 2.75) is 65.2 Å². The summed E-state index contributed by atoms with van der Waals surface area (Å²) in [7, 11) is 0. The topological polar surface area (TPSA) is 54.4 Å². The van der Waals surface area contributed by atoms with E-state index < -0.39 is 11.8 Å². The van der Waals surface area contributed by atoms with E-state index in [4.69, 9.17) is 5.11 Å². The van der Waals surface area contributed by atoms with Gasteiger partial charge >= 0.3 is 5.97 Å². The number of carboxylic acid groups (broad SMARTS) is 1. The van der Waals surface area contributed by atoms with E-state index >= 15 is 0 Å². The lowest BCUT2D eigenvalue weighted by Crippen LogP contribution is -2.49. The van der Waals surface area contributed by atoms with Gasteiger partial charge in [0.15, 0.2) is 5.78 Å². The third-order valence-corrected chi connectivity index (χ3v) is 8.20. The van der Waals surface area contributed by atoms with Crippen molar-refractivity contribution in [3.05, 3.63) is 23.0 Å². The maximum atomic E-state index is 14.3. The molecule has 5 atom stereocenters. The standard InChI is InChI=1S/C21H27FO3/c1-20-9-7-13(23)11-12(20)3-4-14-15-5-6-17(18(22)19(24)25)21(15,2)10-8-16(14)20/h11,14-16H,3-10H2,1-2H3,(H,24,25)/t14-,15-,16-,20-,21-/m0/s1. The molecule has 0 aromatic heterocycles. The van der Waals surface area contributed by atoms with E-state index in [0.29, 0.717) is 36.2 Å². The Labute approximate surface area is 148 Å². The number of hydrogen-bond acceptors (Lipinski definition) is 2. The molecule has 136 valence electrons. The van der Waals surface area contributed by atoms with Crippen LogP contribution in [0.1, 0.15) is 65.2 Å². The molecule has 0 aromatic carbocycles.